The maximum Gasteiger partial charge on any atom is 0.118 e. The topological polar surface area (TPSA) is 35.2 Å². The predicted molar refractivity (Wildman–Crippen MR) is 85.1 cm³/mol. The number of thioether (sulfide) groups is 1. The van der Waals surface area contributed by atoms with Gasteiger partial charge in [0, 0.05) is 16.4 Å². The van der Waals surface area contributed by atoms with Gasteiger partial charge in [-0.25, -0.2) is 0 Å². The molecule has 0 saturated heterocycles. The lowest BCUT2D eigenvalue weighted by molar-refractivity contribution is 0.414. The Morgan fingerprint density at radius 1 is 1.26 bits per heavy atom. The van der Waals surface area contributed by atoms with Crippen molar-refractivity contribution in [1.29, 1.82) is 0 Å². The van der Waals surface area contributed by atoms with Crippen LogP contribution in [0.5, 0.6) is 5.75 Å². The summed E-state index contributed by atoms with van der Waals surface area (Å²) in [6.45, 7) is 3.95. The molecule has 0 fully saturated rings. The Kier molecular flexibility index (Phi) is 6.90. The van der Waals surface area contributed by atoms with E-state index in [1.807, 2.05) is 50.3 Å². The molecule has 0 amide bonds. The molecule has 102 valence electrons. The van der Waals surface area contributed by atoms with Crippen molar-refractivity contribution in [3.63, 3.8) is 0 Å². The molecule has 0 bridgehead atoms. The summed E-state index contributed by atoms with van der Waals surface area (Å²) in [5.41, 5.74) is 8.05. The van der Waals surface area contributed by atoms with Crippen molar-refractivity contribution in [3.05, 3.63) is 64.7 Å². The Bertz CT molecular complexity index is 472. The Balaban J connectivity index is 2.70. The molecule has 19 heavy (non-hydrogen) atoms. The largest absolute Gasteiger partial charge is 0.497 e. The van der Waals surface area contributed by atoms with E-state index in [1.54, 1.807) is 18.9 Å². The second kappa shape index (κ2) is 8.48. The Hall–Kier alpha value is -1.61. The van der Waals surface area contributed by atoms with E-state index < -0.39 is 0 Å². The fourth-order valence-electron chi connectivity index (χ4n) is 1.44. The van der Waals surface area contributed by atoms with E-state index in [2.05, 4.69) is 12.1 Å². The molecule has 0 aromatic heterocycles. The molecule has 0 spiro atoms. The Morgan fingerprint density at radius 2 is 1.95 bits per heavy atom. The van der Waals surface area contributed by atoms with E-state index >= 15 is 0 Å². The van der Waals surface area contributed by atoms with Crippen molar-refractivity contribution in [2.75, 3.05) is 7.11 Å². The molecule has 0 aliphatic rings. The minimum atomic E-state index is 0.816. The highest BCUT2D eigenvalue weighted by Crippen LogP contribution is 2.26. The van der Waals surface area contributed by atoms with E-state index in [0.717, 1.165) is 22.1 Å². The van der Waals surface area contributed by atoms with Crippen LogP contribution in [-0.4, -0.2) is 7.11 Å². The lowest BCUT2D eigenvalue weighted by Gasteiger charge is -2.07. The minimum Gasteiger partial charge on any atom is -0.497 e. The number of benzene rings is 1. The summed E-state index contributed by atoms with van der Waals surface area (Å²) in [6.07, 6.45) is 7.98. The molecule has 2 N–H and O–H groups in total. The number of hydrogen-bond donors (Lipinski definition) is 1. The number of ether oxygens (including phenoxy) is 1. The quantitative estimate of drug-likeness (QED) is 0.788. The minimum absolute atomic E-state index is 0.816. The lowest BCUT2D eigenvalue weighted by Crippen LogP contribution is -1.98. The van der Waals surface area contributed by atoms with Gasteiger partial charge in [0.15, 0.2) is 0 Å². The second-order valence-corrected chi connectivity index (χ2v) is 4.95. The van der Waals surface area contributed by atoms with Gasteiger partial charge in [-0.15, -0.1) is 11.8 Å². The summed E-state index contributed by atoms with van der Waals surface area (Å²) in [7, 11) is 1.68. The molecule has 0 heterocycles. The Morgan fingerprint density at radius 3 is 2.47 bits per heavy atom. The summed E-state index contributed by atoms with van der Waals surface area (Å²) in [5.74, 6) is 1.77. The van der Waals surface area contributed by atoms with Crippen molar-refractivity contribution in [2.45, 2.75) is 19.6 Å². The summed E-state index contributed by atoms with van der Waals surface area (Å²) in [6, 6.07) is 8.10. The first-order valence-electron chi connectivity index (χ1n) is 6.22. The van der Waals surface area contributed by atoms with E-state index in [0.29, 0.717) is 0 Å². The molecule has 0 radical (unpaired) electrons. The molecule has 3 heteroatoms. The van der Waals surface area contributed by atoms with Gasteiger partial charge < -0.3 is 10.5 Å². The van der Waals surface area contributed by atoms with Gasteiger partial charge in [-0.3, -0.25) is 0 Å². The smallest absolute Gasteiger partial charge is 0.118 e. The molecular formula is C16H21NOS. The van der Waals surface area contributed by atoms with Gasteiger partial charge in [-0.05, 0) is 37.6 Å². The van der Waals surface area contributed by atoms with Crippen LogP contribution in [0.3, 0.4) is 0 Å². The molecule has 0 saturated carbocycles. The van der Waals surface area contributed by atoms with Crippen molar-refractivity contribution in [1.82, 2.24) is 0 Å². The van der Waals surface area contributed by atoms with Crippen molar-refractivity contribution < 1.29 is 4.74 Å². The van der Waals surface area contributed by atoms with Gasteiger partial charge in [0.25, 0.3) is 0 Å². The standard InChI is InChI=1S/C16H21NOS/c1-4-6-7-16(15(17)5-2)19-12-13-8-10-14(18-3)11-9-13/h4-11H,12,17H2,1-3H3/b6-4-,15-5+,16-7+. The van der Waals surface area contributed by atoms with Crippen LogP contribution < -0.4 is 10.5 Å². The van der Waals surface area contributed by atoms with Crippen LogP contribution in [0.1, 0.15) is 19.4 Å². The number of rotatable bonds is 6. The van der Waals surface area contributed by atoms with Gasteiger partial charge in [-0.2, -0.15) is 0 Å². The second-order valence-electron chi connectivity index (χ2n) is 3.94. The molecule has 0 unspecified atom stereocenters. The number of nitrogens with two attached hydrogens (primary N) is 1. The lowest BCUT2D eigenvalue weighted by atomic mass is 10.2. The summed E-state index contributed by atoms with van der Waals surface area (Å²) in [4.78, 5) is 1.09. The molecule has 1 aromatic rings. The third kappa shape index (κ3) is 5.26. The molecule has 0 aliphatic heterocycles. The SMILES string of the molecule is C\C=C/C=C(SCc1ccc(OC)cc1)\C(N)=C/C. The molecule has 1 aromatic carbocycles. The van der Waals surface area contributed by atoms with Crippen LogP contribution in [0.15, 0.2) is 59.2 Å². The number of hydrogen-bond acceptors (Lipinski definition) is 3. The third-order valence-corrected chi connectivity index (χ3v) is 3.75. The third-order valence-electron chi connectivity index (χ3n) is 2.59. The normalized spacial score (nSPS) is 13.0. The van der Waals surface area contributed by atoms with Crippen LogP contribution in [-0.2, 0) is 5.75 Å². The maximum absolute atomic E-state index is 5.99. The van der Waals surface area contributed by atoms with Gasteiger partial charge in [0.1, 0.15) is 5.75 Å². The van der Waals surface area contributed by atoms with Crippen molar-refractivity contribution in [2.24, 2.45) is 5.73 Å². The maximum atomic E-state index is 5.99. The van der Waals surface area contributed by atoms with Gasteiger partial charge >= 0.3 is 0 Å². The molecule has 0 aliphatic carbocycles. The van der Waals surface area contributed by atoms with E-state index in [9.17, 15) is 0 Å². The highest BCUT2D eigenvalue weighted by molar-refractivity contribution is 8.02. The zero-order valence-corrected chi connectivity index (χ0v) is 12.5. The van der Waals surface area contributed by atoms with Gasteiger partial charge in [0.2, 0.25) is 0 Å². The van der Waals surface area contributed by atoms with Crippen LogP contribution in [0.2, 0.25) is 0 Å². The summed E-state index contributed by atoms with van der Waals surface area (Å²) < 4.78 is 5.15. The number of methoxy groups -OCH3 is 1. The Labute approximate surface area is 120 Å². The molecule has 2 nitrogen and oxygen atoms in total. The zero-order valence-electron chi connectivity index (χ0n) is 11.7. The van der Waals surface area contributed by atoms with Crippen molar-refractivity contribution in [3.8, 4) is 5.75 Å². The highest BCUT2D eigenvalue weighted by Gasteiger charge is 2.02. The first kappa shape index (κ1) is 15.4. The van der Waals surface area contributed by atoms with Gasteiger partial charge in [-0.1, -0.05) is 30.4 Å². The zero-order chi connectivity index (χ0) is 14.1. The van der Waals surface area contributed by atoms with Crippen LogP contribution in [0.25, 0.3) is 0 Å². The molecular weight excluding hydrogens is 254 g/mol. The van der Waals surface area contributed by atoms with Crippen LogP contribution in [0, 0.1) is 0 Å². The van der Waals surface area contributed by atoms with E-state index in [4.69, 9.17) is 10.5 Å². The van der Waals surface area contributed by atoms with Crippen LogP contribution >= 0.6 is 11.8 Å². The molecule has 1 rings (SSSR count). The highest BCUT2D eigenvalue weighted by atomic mass is 32.2. The fourth-order valence-corrected chi connectivity index (χ4v) is 2.41. The summed E-state index contributed by atoms with van der Waals surface area (Å²) in [5, 5.41) is 0. The monoisotopic (exact) mass is 275 g/mol. The van der Waals surface area contributed by atoms with E-state index in [-0.39, 0.29) is 0 Å². The first-order valence-corrected chi connectivity index (χ1v) is 7.20. The summed E-state index contributed by atoms with van der Waals surface area (Å²) >= 11 is 1.74. The molecule has 0 atom stereocenters. The number of allylic oxidation sites excluding steroid dienone is 4. The average molecular weight is 275 g/mol. The van der Waals surface area contributed by atoms with E-state index in [1.165, 1.54) is 5.56 Å². The average Bonchev–Trinajstić information content (AvgIpc) is 2.47. The van der Waals surface area contributed by atoms with Crippen LogP contribution in [0.4, 0.5) is 0 Å². The predicted octanol–water partition coefficient (Wildman–Crippen LogP) is 4.25. The fraction of sp³-hybridized carbons (Fsp3) is 0.250. The van der Waals surface area contributed by atoms with Gasteiger partial charge in [0.05, 0.1) is 7.11 Å². The van der Waals surface area contributed by atoms with Crippen molar-refractivity contribution >= 4 is 11.8 Å². The first-order chi connectivity index (χ1) is 9.21.